The summed E-state index contributed by atoms with van der Waals surface area (Å²) in [6, 6.07) is 4.62. The zero-order chi connectivity index (χ0) is 24.3. The lowest BCUT2D eigenvalue weighted by Gasteiger charge is -2.38. The van der Waals surface area contributed by atoms with Gasteiger partial charge < -0.3 is 19.5 Å². The highest BCUT2D eigenvalue weighted by Crippen LogP contribution is 2.34. The van der Waals surface area contributed by atoms with E-state index in [9.17, 15) is 13.5 Å². The Morgan fingerprint density at radius 3 is 2.62 bits per heavy atom. The Morgan fingerprint density at radius 1 is 1.21 bits per heavy atom. The molecule has 8 heteroatoms. The summed E-state index contributed by atoms with van der Waals surface area (Å²) in [7, 11) is -1.72. The maximum atomic E-state index is 13.6. The molecule has 3 aliphatic rings. The van der Waals surface area contributed by atoms with Gasteiger partial charge in [0.15, 0.2) is 0 Å². The summed E-state index contributed by atoms with van der Waals surface area (Å²) in [6.07, 6.45) is 4.21. The van der Waals surface area contributed by atoms with Crippen molar-refractivity contribution in [1.29, 1.82) is 0 Å². The fourth-order valence-electron chi connectivity index (χ4n) is 4.69. The van der Waals surface area contributed by atoms with Gasteiger partial charge in [0.25, 0.3) is 0 Å². The molecule has 34 heavy (non-hydrogen) atoms. The third-order valence-corrected chi connectivity index (χ3v) is 9.09. The Balaban J connectivity index is 1.62. The molecule has 3 atom stereocenters. The van der Waals surface area contributed by atoms with E-state index in [1.54, 1.807) is 25.1 Å². The van der Waals surface area contributed by atoms with Crippen LogP contribution in [-0.4, -0.2) is 81.4 Å². The van der Waals surface area contributed by atoms with Gasteiger partial charge in [-0.1, -0.05) is 18.8 Å². The van der Waals surface area contributed by atoms with E-state index in [1.807, 2.05) is 6.92 Å². The van der Waals surface area contributed by atoms with Crippen LogP contribution in [0, 0.1) is 29.6 Å². The lowest BCUT2D eigenvalue weighted by molar-refractivity contribution is 0.0402. The molecule has 0 unspecified atom stereocenters. The van der Waals surface area contributed by atoms with Crippen molar-refractivity contribution < 1.29 is 23.0 Å². The first-order valence-corrected chi connectivity index (χ1v) is 13.9. The molecular formula is C26H38N2O5S. The first-order chi connectivity index (χ1) is 16.3. The number of hydrogen-bond donors (Lipinski definition) is 1. The van der Waals surface area contributed by atoms with Crippen LogP contribution >= 0.6 is 0 Å². The molecule has 7 nitrogen and oxygen atoms in total. The average Bonchev–Trinajstić information content (AvgIpc) is 3.64. The molecule has 4 rings (SSSR count). The van der Waals surface area contributed by atoms with Crippen LogP contribution in [0.1, 0.15) is 45.1 Å². The van der Waals surface area contributed by atoms with Crippen molar-refractivity contribution in [1.82, 2.24) is 9.21 Å². The van der Waals surface area contributed by atoms with E-state index in [0.717, 1.165) is 51.0 Å². The molecule has 1 aliphatic carbocycles. The number of aliphatic hydroxyl groups is 1. The Morgan fingerprint density at radius 2 is 1.94 bits per heavy atom. The fraction of sp³-hybridized carbons (Fsp3) is 0.692. The number of nitrogens with zero attached hydrogens (tertiary/aromatic N) is 2. The normalized spacial score (nSPS) is 26.5. The van der Waals surface area contributed by atoms with Crippen molar-refractivity contribution in [2.75, 3.05) is 46.5 Å². The summed E-state index contributed by atoms with van der Waals surface area (Å²) in [5.41, 5.74) is 0.769. The minimum atomic E-state index is -3.82. The molecule has 1 saturated heterocycles. The number of fused-ring (bicyclic) bond motifs is 1. The van der Waals surface area contributed by atoms with Crippen LogP contribution in [0.15, 0.2) is 23.1 Å². The summed E-state index contributed by atoms with van der Waals surface area (Å²) in [5.74, 6) is 7.79. The van der Waals surface area contributed by atoms with Gasteiger partial charge in [0.1, 0.15) is 16.7 Å². The summed E-state index contributed by atoms with van der Waals surface area (Å²) in [6.45, 7) is 7.12. The second kappa shape index (κ2) is 11.0. The van der Waals surface area contributed by atoms with Crippen molar-refractivity contribution in [3.05, 3.63) is 23.8 Å². The predicted octanol–water partition coefficient (Wildman–Crippen LogP) is 2.58. The molecule has 0 spiro atoms. The standard InChI is InChI=1S/C26H38N2O5S/c1-19-15-28(20(2)18-29)34(30,31)26-9-8-22(7-6-21-4-5-21)14-24(26)33-25(19)17-27(3)16-23-10-12-32-13-11-23/h8-9,14,19-21,23,25,29H,4-5,10-13,15-18H2,1-3H3/t19-,20-,25-/m1/s1. The third-order valence-electron chi connectivity index (χ3n) is 7.07. The Labute approximate surface area is 204 Å². The van der Waals surface area contributed by atoms with Crippen LogP contribution in [-0.2, 0) is 14.8 Å². The number of likely N-dealkylation sites (N-methyl/N-ethyl adjacent to an activating group) is 1. The van der Waals surface area contributed by atoms with E-state index in [4.69, 9.17) is 9.47 Å². The van der Waals surface area contributed by atoms with Gasteiger partial charge in [0, 0.05) is 56.3 Å². The van der Waals surface area contributed by atoms with Gasteiger partial charge in [-0.2, -0.15) is 4.31 Å². The Kier molecular flexibility index (Phi) is 8.21. The van der Waals surface area contributed by atoms with Gasteiger partial charge in [0.05, 0.1) is 6.61 Å². The van der Waals surface area contributed by atoms with Crippen molar-refractivity contribution in [3.63, 3.8) is 0 Å². The molecule has 2 heterocycles. The predicted molar refractivity (Wildman–Crippen MR) is 131 cm³/mol. The molecule has 1 N–H and O–H groups in total. The Bertz CT molecular complexity index is 1010. The van der Waals surface area contributed by atoms with Gasteiger partial charge in [-0.25, -0.2) is 8.42 Å². The summed E-state index contributed by atoms with van der Waals surface area (Å²) >= 11 is 0. The lowest BCUT2D eigenvalue weighted by Crippen LogP contribution is -2.50. The number of benzene rings is 1. The van der Waals surface area contributed by atoms with Gasteiger partial charge in [-0.3, -0.25) is 0 Å². The molecule has 0 aromatic heterocycles. The smallest absolute Gasteiger partial charge is 0.247 e. The number of ether oxygens (including phenoxy) is 2. The first-order valence-electron chi connectivity index (χ1n) is 12.5. The van der Waals surface area contributed by atoms with Crippen molar-refractivity contribution in [3.8, 4) is 17.6 Å². The maximum Gasteiger partial charge on any atom is 0.247 e. The zero-order valence-electron chi connectivity index (χ0n) is 20.6. The van der Waals surface area contributed by atoms with Crippen molar-refractivity contribution in [2.45, 2.75) is 56.6 Å². The van der Waals surface area contributed by atoms with E-state index >= 15 is 0 Å². The van der Waals surface area contributed by atoms with Crippen LogP contribution in [0.4, 0.5) is 0 Å². The largest absolute Gasteiger partial charge is 0.487 e. The summed E-state index contributed by atoms with van der Waals surface area (Å²) in [4.78, 5) is 2.44. The van der Waals surface area contributed by atoms with Crippen molar-refractivity contribution >= 4 is 10.0 Å². The number of aliphatic hydroxyl groups excluding tert-OH is 1. The van der Waals surface area contributed by atoms with Crippen LogP contribution in [0.5, 0.6) is 5.75 Å². The highest BCUT2D eigenvalue weighted by Gasteiger charge is 2.38. The van der Waals surface area contributed by atoms with Gasteiger partial charge >= 0.3 is 0 Å². The Hall–Kier alpha value is -1.63. The summed E-state index contributed by atoms with van der Waals surface area (Å²) < 4.78 is 40.5. The molecule has 1 aromatic carbocycles. The lowest BCUT2D eigenvalue weighted by atomic mass is 9.98. The monoisotopic (exact) mass is 490 g/mol. The molecule has 1 saturated carbocycles. The van der Waals surface area contributed by atoms with Crippen LogP contribution < -0.4 is 4.74 Å². The summed E-state index contributed by atoms with van der Waals surface area (Å²) in [5, 5.41) is 9.81. The minimum Gasteiger partial charge on any atom is -0.487 e. The second-order valence-electron chi connectivity index (χ2n) is 10.2. The number of hydrogen-bond acceptors (Lipinski definition) is 6. The van der Waals surface area contributed by atoms with E-state index in [2.05, 4.69) is 23.8 Å². The number of rotatable bonds is 6. The van der Waals surface area contributed by atoms with E-state index in [0.29, 0.717) is 30.7 Å². The quantitative estimate of drug-likeness (QED) is 0.618. The third kappa shape index (κ3) is 6.13. The maximum absolute atomic E-state index is 13.6. The van der Waals surface area contributed by atoms with Gasteiger partial charge in [0.2, 0.25) is 10.0 Å². The highest BCUT2D eigenvalue weighted by molar-refractivity contribution is 7.89. The van der Waals surface area contributed by atoms with Gasteiger partial charge in [-0.05, 0) is 63.8 Å². The van der Waals surface area contributed by atoms with Gasteiger partial charge in [-0.15, -0.1) is 0 Å². The fourth-order valence-corrected chi connectivity index (χ4v) is 6.51. The molecular weight excluding hydrogens is 452 g/mol. The zero-order valence-corrected chi connectivity index (χ0v) is 21.4. The highest BCUT2D eigenvalue weighted by atomic mass is 32.2. The van der Waals surface area contributed by atoms with Crippen LogP contribution in [0.3, 0.4) is 0 Å². The molecule has 0 bridgehead atoms. The van der Waals surface area contributed by atoms with Crippen LogP contribution in [0.25, 0.3) is 0 Å². The van der Waals surface area contributed by atoms with E-state index in [1.165, 1.54) is 4.31 Å². The van der Waals surface area contributed by atoms with Crippen LogP contribution in [0.2, 0.25) is 0 Å². The molecule has 2 fully saturated rings. The molecule has 0 radical (unpaired) electrons. The molecule has 2 aliphatic heterocycles. The minimum absolute atomic E-state index is 0.0599. The van der Waals surface area contributed by atoms with Crippen molar-refractivity contribution in [2.24, 2.45) is 17.8 Å². The number of sulfonamides is 1. The SMILES string of the molecule is C[C@@H]1CN([C@H](C)CO)S(=O)(=O)c2ccc(C#CC3CC3)cc2O[C@@H]1CN(C)CC1CCOCC1. The molecule has 1 aromatic rings. The molecule has 188 valence electrons. The first kappa shape index (κ1) is 25.5. The second-order valence-corrected chi connectivity index (χ2v) is 12.1. The van der Waals surface area contributed by atoms with E-state index < -0.39 is 16.1 Å². The topological polar surface area (TPSA) is 79.3 Å². The molecule has 0 amide bonds. The average molecular weight is 491 g/mol. The van der Waals surface area contributed by atoms with E-state index in [-0.39, 0.29) is 23.5 Å².